The first-order valence-corrected chi connectivity index (χ1v) is 10.5. The number of likely N-dealkylation sites (tertiary alicyclic amines) is 1. The van der Waals surface area contributed by atoms with Crippen molar-refractivity contribution >= 4 is 21.6 Å². The number of sulfonamides is 1. The second-order valence-corrected chi connectivity index (χ2v) is 8.59. The third-order valence-corrected chi connectivity index (χ3v) is 6.37. The highest BCUT2D eigenvalue weighted by molar-refractivity contribution is 7.89. The average molecular weight is 395 g/mol. The summed E-state index contributed by atoms with van der Waals surface area (Å²) in [6.07, 6.45) is 1.55. The standard InChI is InChI=1S/C19H23ClN2O3S/c1-25-19-8-7-16(20)13-15(19)14-22-11-9-17(10-12-22)21-26(23,24)18-5-3-2-4-6-18/h2-8,13,17,21H,9-12,14H2,1H3. The van der Waals surface area contributed by atoms with E-state index in [1.807, 2.05) is 24.3 Å². The van der Waals surface area contributed by atoms with Crippen molar-refractivity contribution in [2.75, 3.05) is 20.2 Å². The first-order valence-electron chi connectivity index (χ1n) is 8.60. The van der Waals surface area contributed by atoms with Crippen molar-refractivity contribution < 1.29 is 13.2 Å². The van der Waals surface area contributed by atoms with Crippen LogP contribution in [-0.2, 0) is 16.6 Å². The van der Waals surface area contributed by atoms with Crippen LogP contribution in [0.1, 0.15) is 18.4 Å². The van der Waals surface area contributed by atoms with Gasteiger partial charge >= 0.3 is 0 Å². The zero-order valence-electron chi connectivity index (χ0n) is 14.7. The number of rotatable bonds is 6. The second kappa shape index (κ2) is 8.39. The van der Waals surface area contributed by atoms with E-state index in [0.29, 0.717) is 9.92 Å². The minimum atomic E-state index is -3.46. The number of hydrogen-bond donors (Lipinski definition) is 1. The molecule has 3 rings (SSSR count). The molecular weight excluding hydrogens is 372 g/mol. The molecule has 0 unspecified atom stereocenters. The van der Waals surface area contributed by atoms with Crippen molar-refractivity contribution in [2.24, 2.45) is 0 Å². The molecule has 1 saturated heterocycles. The molecule has 0 radical (unpaired) electrons. The quantitative estimate of drug-likeness (QED) is 0.816. The van der Waals surface area contributed by atoms with Gasteiger partial charge in [0.2, 0.25) is 10.0 Å². The van der Waals surface area contributed by atoms with Gasteiger partial charge in [-0.15, -0.1) is 0 Å². The maximum Gasteiger partial charge on any atom is 0.240 e. The van der Waals surface area contributed by atoms with Crippen molar-refractivity contribution in [1.29, 1.82) is 0 Å². The van der Waals surface area contributed by atoms with Gasteiger partial charge in [0.05, 0.1) is 12.0 Å². The minimum absolute atomic E-state index is 0.0438. The van der Waals surface area contributed by atoms with Gasteiger partial charge in [0.1, 0.15) is 5.75 Å². The number of hydrogen-bond acceptors (Lipinski definition) is 4. The molecule has 1 heterocycles. The molecule has 1 aliphatic rings. The Morgan fingerprint density at radius 1 is 1.15 bits per heavy atom. The van der Waals surface area contributed by atoms with Crippen LogP contribution in [0.2, 0.25) is 5.02 Å². The van der Waals surface area contributed by atoms with Gasteiger partial charge in [0.15, 0.2) is 0 Å². The normalized spacial score (nSPS) is 16.5. The van der Waals surface area contributed by atoms with Crippen LogP contribution in [0.5, 0.6) is 5.75 Å². The average Bonchev–Trinajstić information content (AvgIpc) is 2.64. The van der Waals surface area contributed by atoms with E-state index in [-0.39, 0.29) is 6.04 Å². The first-order chi connectivity index (χ1) is 12.5. The predicted molar refractivity (Wildman–Crippen MR) is 103 cm³/mol. The van der Waals surface area contributed by atoms with Crippen LogP contribution in [-0.4, -0.2) is 39.6 Å². The monoisotopic (exact) mass is 394 g/mol. The number of halogens is 1. The molecule has 1 fully saturated rings. The van der Waals surface area contributed by atoms with E-state index in [1.54, 1.807) is 31.4 Å². The van der Waals surface area contributed by atoms with Gasteiger partial charge in [-0.3, -0.25) is 4.90 Å². The smallest absolute Gasteiger partial charge is 0.240 e. The largest absolute Gasteiger partial charge is 0.496 e. The van der Waals surface area contributed by atoms with Crippen LogP contribution in [0.15, 0.2) is 53.4 Å². The number of methoxy groups -OCH3 is 1. The zero-order valence-corrected chi connectivity index (χ0v) is 16.3. The molecule has 7 heteroatoms. The molecule has 0 aliphatic carbocycles. The third-order valence-electron chi connectivity index (χ3n) is 4.60. The van der Waals surface area contributed by atoms with Gasteiger partial charge in [0, 0.05) is 36.3 Å². The SMILES string of the molecule is COc1ccc(Cl)cc1CN1CCC(NS(=O)(=O)c2ccccc2)CC1. The third kappa shape index (κ3) is 4.76. The highest BCUT2D eigenvalue weighted by atomic mass is 35.5. The summed E-state index contributed by atoms with van der Waals surface area (Å²) >= 11 is 6.09. The fourth-order valence-corrected chi connectivity index (χ4v) is 4.73. The Kier molecular flexibility index (Phi) is 6.19. The molecule has 0 bridgehead atoms. The van der Waals surface area contributed by atoms with Crippen molar-refractivity contribution in [3.8, 4) is 5.75 Å². The Hall–Kier alpha value is -1.60. The molecule has 0 amide bonds. The number of benzene rings is 2. The first kappa shape index (κ1) is 19.2. The van der Waals surface area contributed by atoms with Crippen molar-refractivity contribution in [1.82, 2.24) is 9.62 Å². The Balaban J connectivity index is 1.57. The molecule has 0 atom stereocenters. The van der Waals surface area contributed by atoms with Gasteiger partial charge < -0.3 is 4.74 Å². The Morgan fingerprint density at radius 2 is 1.85 bits per heavy atom. The van der Waals surface area contributed by atoms with Gasteiger partial charge in [0.25, 0.3) is 0 Å². The summed E-state index contributed by atoms with van der Waals surface area (Å²) in [7, 11) is -1.81. The van der Waals surface area contributed by atoms with E-state index in [1.165, 1.54) is 0 Å². The maximum atomic E-state index is 12.4. The molecule has 26 heavy (non-hydrogen) atoms. The van der Waals surface area contributed by atoms with Crippen molar-refractivity contribution in [3.05, 3.63) is 59.1 Å². The lowest BCUT2D eigenvalue weighted by Gasteiger charge is -2.32. The van der Waals surface area contributed by atoms with E-state index in [4.69, 9.17) is 16.3 Å². The number of nitrogens with zero attached hydrogens (tertiary/aromatic N) is 1. The Bertz CT molecular complexity index is 835. The lowest BCUT2D eigenvalue weighted by atomic mass is 10.1. The summed E-state index contributed by atoms with van der Waals surface area (Å²) in [5.74, 6) is 0.821. The van der Waals surface area contributed by atoms with Gasteiger partial charge in [-0.05, 0) is 43.2 Å². The molecule has 140 valence electrons. The molecular formula is C19H23ClN2O3S. The van der Waals surface area contributed by atoms with Crippen LogP contribution >= 0.6 is 11.6 Å². The van der Waals surface area contributed by atoms with Crippen LogP contribution in [0, 0.1) is 0 Å². The van der Waals surface area contributed by atoms with E-state index in [0.717, 1.165) is 43.8 Å². The molecule has 1 aliphatic heterocycles. The van der Waals surface area contributed by atoms with Crippen LogP contribution in [0.4, 0.5) is 0 Å². The lowest BCUT2D eigenvalue weighted by Crippen LogP contribution is -2.44. The van der Waals surface area contributed by atoms with Crippen LogP contribution in [0.25, 0.3) is 0 Å². The maximum absolute atomic E-state index is 12.4. The molecule has 0 saturated carbocycles. The van der Waals surface area contributed by atoms with Crippen molar-refractivity contribution in [3.63, 3.8) is 0 Å². The Labute approximate surface area is 160 Å². The summed E-state index contributed by atoms with van der Waals surface area (Å²) < 4.78 is 33.1. The summed E-state index contributed by atoms with van der Waals surface area (Å²) in [6.45, 7) is 2.37. The fourth-order valence-electron chi connectivity index (χ4n) is 3.21. The topological polar surface area (TPSA) is 58.6 Å². The summed E-state index contributed by atoms with van der Waals surface area (Å²) in [4.78, 5) is 2.60. The van der Waals surface area contributed by atoms with Crippen LogP contribution in [0.3, 0.4) is 0 Å². The summed E-state index contributed by atoms with van der Waals surface area (Å²) in [5, 5.41) is 0.686. The highest BCUT2D eigenvalue weighted by Gasteiger charge is 2.25. The molecule has 5 nitrogen and oxygen atoms in total. The predicted octanol–water partition coefficient (Wildman–Crippen LogP) is 3.29. The number of piperidine rings is 1. The number of nitrogens with one attached hydrogen (secondary N) is 1. The van der Waals surface area contributed by atoms with E-state index in [2.05, 4.69) is 9.62 Å². The van der Waals surface area contributed by atoms with Gasteiger partial charge in [-0.1, -0.05) is 29.8 Å². The van der Waals surface area contributed by atoms with Crippen molar-refractivity contribution in [2.45, 2.75) is 30.3 Å². The molecule has 1 N–H and O–H groups in total. The Morgan fingerprint density at radius 3 is 2.50 bits per heavy atom. The van der Waals surface area contributed by atoms with Gasteiger partial charge in [-0.2, -0.15) is 0 Å². The van der Waals surface area contributed by atoms with E-state index in [9.17, 15) is 8.42 Å². The molecule has 2 aromatic carbocycles. The summed E-state index contributed by atoms with van der Waals surface area (Å²) in [6, 6.07) is 14.1. The highest BCUT2D eigenvalue weighted by Crippen LogP contribution is 2.25. The molecule has 0 spiro atoms. The number of ether oxygens (including phenoxy) is 1. The lowest BCUT2D eigenvalue weighted by molar-refractivity contribution is 0.198. The van der Waals surface area contributed by atoms with Gasteiger partial charge in [-0.25, -0.2) is 13.1 Å². The summed E-state index contributed by atoms with van der Waals surface area (Å²) in [5.41, 5.74) is 1.04. The van der Waals surface area contributed by atoms with Crippen LogP contribution < -0.4 is 9.46 Å². The molecule has 0 aromatic heterocycles. The van der Waals surface area contributed by atoms with E-state index >= 15 is 0 Å². The zero-order chi connectivity index (χ0) is 18.6. The fraction of sp³-hybridized carbons (Fsp3) is 0.368. The second-order valence-electron chi connectivity index (χ2n) is 6.44. The minimum Gasteiger partial charge on any atom is -0.496 e. The molecule has 2 aromatic rings. The van der Waals surface area contributed by atoms with E-state index < -0.39 is 10.0 Å².